The maximum atomic E-state index is 15.3. The number of hydrogen-bond acceptors (Lipinski definition) is 0. The summed E-state index contributed by atoms with van der Waals surface area (Å²) in [5.41, 5.74) is 3.66. The Kier molecular flexibility index (Phi) is 9.15. The first-order chi connectivity index (χ1) is 18.9. The van der Waals surface area contributed by atoms with Crippen molar-refractivity contribution in [3.8, 4) is 22.3 Å². The van der Waals surface area contributed by atoms with Crippen molar-refractivity contribution >= 4 is 0 Å². The van der Waals surface area contributed by atoms with Crippen LogP contribution in [0.5, 0.6) is 0 Å². The van der Waals surface area contributed by atoms with Crippen LogP contribution < -0.4 is 0 Å². The second-order valence-corrected chi connectivity index (χ2v) is 12.3. The fourth-order valence-corrected chi connectivity index (χ4v) is 7.28. The molecule has 0 N–H and O–H groups in total. The SMILES string of the molecule is CCCCCC1CCC(C2CCC(c3ccc(-c4ccc(-c5ccc(C)c(F)c5F)cc4)cc3F)CC2)CC1. The quantitative estimate of drug-likeness (QED) is 0.253. The van der Waals surface area contributed by atoms with Crippen molar-refractivity contribution in [1.29, 1.82) is 0 Å². The van der Waals surface area contributed by atoms with Gasteiger partial charge in [-0.15, -0.1) is 0 Å². The molecule has 2 saturated carbocycles. The van der Waals surface area contributed by atoms with Crippen molar-refractivity contribution in [2.24, 2.45) is 17.8 Å². The highest BCUT2D eigenvalue weighted by molar-refractivity contribution is 5.71. The highest BCUT2D eigenvalue weighted by Crippen LogP contribution is 2.45. The molecule has 208 valence electrons. The largest absolute Gasteiger partial charge is 0.207 e. The minimum absolute atomic E-state index is 0.126. The lowest BCUT2D eigenvalue weighted by Gasteiger charge is -2.38. The number of hydrogen-bond donors (Lipinski definition) is 0. The highest BCUT2D eigenvalue weighted by Gasteiger charge is 2.32. The molecule has 0 aromatic heterocycles. The van der Waals surface area contributed by atoms with Gasteiger partial charge in [0.1, 0.15) is 5.82 Å². The molecule has 3 aromatic carbocycles. The van der Waals surface area contributed by atoms with Gasteiger partial charge in [0.15, 0.2) is 11.6 Å². The first-order valence-electron chi connectivity index (χ1n) is 15.3. The molecule has 0 bridgehead atoms. The van der Waals surface area contributed by atoms with Gasteiger partial charge in [-0.2, -0.15) is 0 Å². The molecule has 0 aliphatic heterocycles. The molecular weight excluding hydrogens is 489 g/mol. The maximum Gasteiger partial charge on any atom is 0.166 e. The fraction of sp³-hybridized carbons (Fsp3) is 0.500. The third-order valence-electron chi connectivity index (χ3n) is 9.79. The van der Waals surface area contributed by atoms with Crippen LogP contribution in [0, 0.1) is 42.1 Å². The highest BCUT2D eigenvalue weighted by atomic mass is 19.2. The predicted octanol–water partition coefficient (Wildman–Crippen LogP) is 11.4. The molecule has 0 nitrogen and oxygen atoms in total. The first kappa shape index (κ1) is 28.0. The van der Waals surface area contributed by atoms with E-state index in [-0.39, 0.29) is 16.9 Å². The van der Waals surface area contributed by atoms with Crippen LogP contribution in [0.15, 0.2) is 54.6 Å². The van der Waals surface area contributed by atoms with Gasteiger partial charge < -0.3 is 0 Å². The number of halogens is 3. The molecule has 5 rings (SSSR count). The molecule has 0 atom stereocenters. The van der Waals surface area contributed by atoms with Gasteiger partial charge in [-0.1, -0.05) is 94.0 Å². The summed E-state index contributed by atoms with van der Waals surface area (Å²) < 4.78 is 43.8. The van der Waals surface area contributed by atoms with Gasteiger partial charge in [-0.3, -0.25) is 0 Å². The summed E-state index contributed by atoms with van der Waals surface area (Å²) in [5.74, 6) is 1.21. The van der Waals surface area contributed by atoms with Gasteiger partial charge in [0, 0.05) is 5.56 Å². The van der Waals surface area contributed by atoms with Crippen LogP contribution in [-0.4, -0.2) is 0 Å². The average Bonchev–Trinajstić information content (AvgIpc) is 2.97. The summed E-state index contributed by atoms with van der Waals surface area (Å²) in [6.07, 6.45) is 15.8. The van der Waals surface area contributed by atoms with Crippen LogP contribution >= 0.6 is 0 Å². The molecular formula is C36H43F3. The summed E-state index contributed by atoms with van der Waals surface area (Å²) in [6.45, 7) is 3.84. The topological polar surface area (TPSA) is 0 Å². The Morgan fingerprint density at radius 2 is 1.26 bits per heavy atom. The van der Waals surface area contributed by atoms with E-state index in [0.717, 1.165) is 47.3 Å². The van der Waals surface area contributed by atoms with Crippen LogP contribution in [0.4, 0.5) is 13.2 Å². The molecule has 0 unspecified atom stereocenters. The van der Waals surface area contributed by atoms with Crippen LogP contribution in [0.1, 0.15) is 101 Å². The van der Waals surface area contributed by atoms with E-state index in [0.29, 0.717) is 11.5 Å². The summed E-state index contributed by atoms with van der Waals surface area (Å²) in [6, 6.07) is 16.1. The van der Waals surface area contributed by atoms with E-state index in [9.17, 15) is 8.78 Å². The Labute approximate surface area is 233 Å². The normalized spacial score (nSPS) is 23.6. The Hall–Kier alpha value is -2.55. The molecule has 2 aliphatic rings. The molecule has 0 radical (unpaired) electrons. The minimum Gasteiger partial charge on any atom is -0.207 e. The van der Waals surface area contributed by atoms with Crippen molar-refractivity contribution in [1.82, 2.24) is 0 Å². The average molecular weight is 533 g/mol. The molecule has 39 heavy (non-hydrogen) atoms. The smallest absolute Gasteiger partial charge is 0.166 e. The number of aryl methyl sites for hydroxylation is 1. The van der Waals surface area contributed by atoms with Crippen molar-refractivity contribution in [2.75, 3.05) is 0 Å². The van der Waals surface area contributed by atoms with E-state index in [1.54, 1.807) is 37.3 Å². The second-order valence-electron chi connectivity index (χ2n) is 12.3. The van der Waals surface area contributed by atoms with Crippen LogP contribution in [0.3, 0.4) is 0 Å². The summed E-state index contributed by atoms with van der Waals surface area (Å²) >= 11 is 0. The fourth-order valence-electron chi connectivity index (χ4n) is 7.28. The van der Waals surface area contributed by atoms with Gasteiger partial charge >= 0.3 is 0 Å². The van der Waals surface area contributed by atoms with E-state index in [2.05, 4.69) is 6.92 Å². The lowest BCUT2D eigenvalue weighted by Crippen LogP contribution is -2.25. The summed E-state index contributed by atoms with van der Waals surface area (Å²) in [5, 5.41) is 0. The van der Waals surface area contributed by atoms with Crippen molar-refractivity contribution < 1.29 is 13.2 Å². The zero-order chi connectivity index (χ0) is 27.4. The minimum atomic E-state index is -0.831. The zero-order valence-corrected chi connectivity index (χ0v) is 23.6. The van der Waals surface area contributed by atoms with Gasteiger partial charge in [-0.25, -0.2) is 13.2 Å². The standard InChI is InChI=1S/C36H43F3/c1-3-4-5-6-25-8-10-26(11-9-25)27-12-16-29(17-13-27)32-22-20-31(23-34(32)37)28-14-18-30(19-15-28)33-21-7-24(2)35(38)36(33)39/h7,14-15,18-23,25-27,29H,3-6,8-13,16-17H2,1-2H3. The molecule has 0 saturated heterocycles. The van der Waals surface area contributed by atoms with Crippen LogP contribution in [0.25, 0.3) is 22.3 Å². The van der Waals surface area contributed by atoms with E-state index in [1.807, 2.05) is 24.3 Å². The first-order valence-corrected chi connectivity index (χ1v) is 15.3. The number of rotatable bonds is 8. The van der Waals surface area contributed by atoms with Gasteiger partial charge in [0.25, 0.3) is 0 Å². The van der Waals surface area contributed by atoms with E-state index < -0.39 is 11.6 Å². The Morgan fingerprint density at radius 3 is 1.90 bits per heavy atom. The van der Waals surface area contributed by atoms with Crippen LogP contribution in [-0.2, 0) is 0 Å². The summed E-state index contributed by atoms with van der Waals surface area (Å²) in [4.78, 5) is 0. The molecule has 3 aromatic rings. The van der Waals surface area contributed by atoms with Crippen molar-refractivity contribution in [3.63, 3.8) is 0 Å². The summed E-state index contributed by atoms with van der Waals surface area (Å²) in [7, 11) is 0. The van der Waals surface area contributed by atoms with E-state index in [1.165, 1.54) is 64.2 Å². The second kappa shape index (κ2) is 12.7. The van der Waals surface area contributed by atoms with Gasteiger partial charge in [0.2, 0.25) is 0 Å². The number of benzene rings is 3. The van der Waals surface area contributed by atoms with Gasteiger partial charge in [0.05, 0.1) is 0 Å². The Morgan fingerprint density at radius 1 is 0.641 bits per heavy atom. The molecule has 3 heteroatoms. The lowest BCUT2D eigenvalue weighted by atomic mass is 9.68. The molecule has 0 heterocycles. The molecule has 2 fully saturated rings. The van der Waals surface area contributed by atoms with Crippen molar-refractivity contribution in [3.05, 3.63) is 83.2 Å². The lowest BCUT2D eigenvalue weighted by molar-refractivity contribution is 0.155. The van der Waals surface area contributed by atoms with Crippen molar-refractivity contribution in [2.45, 2.75) is 96.8 Å². The zero-order valence-electron chi connectivity index (χ0n) is 23.6. The third kappa shape index (κ3) is 6.44. The number of unbranched alkanes of at least 4 members (excludes halogenated alkanes) is 2. The molecule has 0 amide bonds. The predicted molar refractivity (Wildman–Crippen MR) is 156 cm³/mol. The van der Waals surface area contributed by atoms with Gasteiger partial charge in [-0.05, 0) is 103 Å². The monoisotopic (exact) mass is 532 g/mol. The van der Waals surface area contributed by atoms with Crippen LogP contribution in [0.2, 0.25) is 0 Å². The maximum absolute atomic E-state index is 15.3. The third-order valence-corrected chi connectivity index (χ3v) is 9.79. The Balaban J connectivity index is 1.17. The molecule has 0 spiro atoms. The molecule has 2 aliphatic carbocycles. The Bertz CT molecular complexity index is 1230. The van der Waals surface area contributed by atoms with E-state index >= 15 is 4.39 Å². The van der Waals surface area contributed by atoms with E-state index in [4.69, 9.17) is 0 Å².